The van der Waals surface area contributed by atoms with Crippen LogP contribution in [0.1, 0.15) is 29.7 Å². The van der Waals surface area contributed by atoms with Gasteiger partial charge in [0, 0.05) is 10.6 Å². The molecule has 1 unspecified atom stereocenters. The Morgan fingerprint density at radius 3 is 2.67 bits per heavy atom. The molecule has 0 aliphatic heterocycles. The van der Waals surface area contributed by atoms with E-state index in [1.807, 2.05) is 0 Å². The first-order chi connectivity index (χ1) is 12.8. The Balaban J connectivity index is 2.29. The topological polar surface area (TPSA) is 71.7 Å². The van der Waals surface area contributed by atoms with E-state index in [4.69, 9.17) is 11.6 Å². The van der Waals surface area contributed by atoms with Crippen LogP contribution in [-0.4, -0.2) is 21.6 Å². The van der Waals surface area contributed by atoms with Crippen LogP contribution in [0.4, 0.5) is 8.78 Å². The van der Waals surface area contributed by atoms with Crippen molar-refractivity contribution in [1.82, 2.24) is 4.57 Å². The van der Waals surface area contributed by atoms with Gasteiger partial charge < -0.3 is 9.67 Å². The van der Waals surface area contributed by atoms with Crippen LogP contribution in [0.5, 0.6) is 0 Å². The second kappa shape index (κ2) is 7.58. The molecule has 0 saturated heterocycles. The summed E-state index contributed by atoms with van der Waals surface area (Å²) in [4.78, 5) is 28.1. The van der Waals surface area contributed by atoms with E-state index in [2.05, 4.69) is 4.99 Å². The van der Waals surface area contributed by atoms with Crippen LogP contribution >= 0.6 is 22.9 Å². The first-order valence-electron chi connectivity index (χ1n) is 7.90. The number of halogens is 3. The standard InChI is InChI=1S/C18H13ClF2N2O3S/c1-2-12(17(25)26)23-13-7-6-11(20)14(21)15(13)27-18(23)22-16(24)9-4-3-5-10(19)8-9/h3-8,12H,2H2,1H3,(H,25,26)/b22-18-. The molecule has 5 nitrogen and oxygen atoms in total. The van der Waals surface area contributed by atoms with E-state index in [1.165, 1.54) is 22.8 Å². The number of amides is 1. The number of benzene rings is 2. The average Bonchev–Trinajstić information content (AvgIpc) is 2.97. The lowest BCUT2D eigenvalue weighted by Crippen LogP contribution is -2.27. The summed E-state index contributed by atoms with van der Waals surface area (Å²) < 4.78 is 28.9. The van der Waals surface area contributed by atoms with E-state index in [9.17, 15) is 23.5 Å². The lowest BCUT2D eigenvalue weighted by Gasteiger charge is -2.13. The van der Waals surface area contributed by atoms with Gasteiger partial charge in [-0.25, -0.2) is 13.6 Å². The van der Waals surface area contributed by atoms with E-state index in [-0.39, 0.29) is 27.0 Å². The highest BCUT2D eigenvalue weighted by Gasteiger charge is 2.24. The maximum absolute atomic E-state index is 14.2. The molecule has 3 rings (SSSR count). The highest BCUT2D eigenvalue weighted by Crippen LogP contribution is 2.27. The molecule has 0 saturated carbocycles. The van der Waals surface area contributed by atoms with E-state index >= 15 is 0 Å². The molecule has 140 valence electrons. The van der Waals surface area contributed by atoms with Crippen LogP contribution in [0, 0.1) is 11.6 Å². The third kappa shape index (κ3) is 3.63. The number of rotatable bonds is 4. The highest BCUT2D eigenvalue weighted by molar-refractivity contribution is 7.16. The number of carboxylic acid groups (broad SMARTS) is 1. The fraction of sp³-hybridized carbons (Fsp3) is 0.167. The minimum absolute atomic E-state index is 0.0336. The van der Waals surface area contributed by atoms with Gasteiger partial charge in [-0.05, 0) is 36.8 Å². The fourth-order valence-corrected chi connectivity index (χ4v) is 3.95. The number of thiazole rings is 1. The molecular formula is C18H13ClF2N2O3S. The average molecular weight is 411 g/mol. The maximum Gasteiger partial charge on any atom is 0.326 e. The normalized spacial score (nSPS) is 13.1. The lowest BCUT2D eigenvalue weighted by atomic mass is 10.2. The van der Waals surface area contributed by atoms with Gasteiger partial charge in [-0.2, -0.15) is 4.99 Å². The Bertz CT molecular complexity index is 1120. The SMILES string of the molecule is CCC(C(=O)O)n1/c(=N/C(=O)c2cccc(Cl)c2)sc2c(F)c(F)ccc21. The Hall–Kier alpha value is -2.58. The Morgan fingerprint density at radius 1 is 1.30 bits per heavy atom. The van der Waals surface area contributed by atoms with Crippen molar-refractivity contribution in [1.29, 1.82) is 0 Å². The number of carbonyl (C=O) groups is 2. The predicted octanol–water partition coefficient (Wildman–Crippen LogP) is 4.41. The number of carboxylic acids is 1. The van der Waals surface area contributed by atoms with Crippen LogP contribution in [0.3, 0.4) is 0 Å². The molecule has 27 heavy (non-hydrogen) atoms. The minimum atomic E-state index is -1.17. The van der Waals surface area contributed by atoms with E-state index in [0.717, 1.165) is 17.4 Å². The second-order valence-electron chi connectivity index (χ2n) is 5.65. The number of nitrogens with zero attached hydrogens (tertiary/aromatic N) is 2. The number of hydrogen-bond acceptors (Lipinski definition) is 3. The molecule has 3 aromatic rings. The predicted molar refractivity (Wildman–Crippen MR) is 98.0 cm³/mol. The Kier molecular flexibility index (Phi) is 5.38. The van der Waals surface area contributed by atoms with Gasteiger partial charge in [0.15, 0.2) is 16.4 Å². The van der Waals surface area contributed by atoms with Crippen molar-refractivity contribution in [2.24, 2.45) is 4.99 Å². The fourth-order valence-electron chi connectivity index (χ4n) is 2.67. The monoisotopic (exact) mass is 410 g/mol. The van der Waals surface area contributed by atoms with Crippen molar-refractivity contribution in [2.75, 3.05) is 0 Å². The van der Waals surface area contributed by atoms with E-state index < -0.39 is 29.6 Å². The van der Waals surface area contributed by atoms with Crippen molar-refractivity contribution >= 4 is 45.0 Å². The van der Waals surface area contributed by atoms with Gasteiger partial charge in [0.2, 0.25) is 0 Å². The number of hydrogen-bond donors (Lipinski definition) is 1. The summed E-state index contributed by atoms with van der Waals surface area (Å²) in [6, 6.07) is 7.19. The van der Waals surface area contributed by atoms with Gasteiger partial charge in [-0.1, -0.05) is 35.9 Å². The summed E-state index contributed by atoms with van der Waals surface area (Å²) in [6.45, 7) is 1.64. The number of fused-ring (bicyclic) bond motifs is 1. The van der Waals surface area contributed by atoms with Crippen LogP contribution in [0.15, 0.2) is 41.4 Å². The molecule has 1 atom stereocenters. The van der Waals surface area contributed by atoms with Crippen molar-refractivity contribution in [3.63, 3.8) is 0 Å². The molecule has 0 radical (unpaired) electrons. The zero-order chi connectivity index (χ0) is 19.7. The highest BCUT2D eigenvalue weighted by atomic mass is 35.5. The molecule has 1 N–H and O–H groups in total. The van der Waals surface area contributed by atoms with Crippen molar-refractivity contribution < 1.29 is 23.5 Å². The zero-order valence-corrected chi connectivity index (χ0v) is 15.5. The summed E-state index contributed by atoms with van der Waals surface area (Å²) in [6.07, 6.45) is 0.165. The first-order valence-corrected chi connectivity index (χ1v) is 9.09. The van der Waals surface area contributed by atoms with Gasteiger partial charge in [0.05, 0.1) is 10.2 Å². The molecule has 0 aliphatic carbocycles. The quantitative estimate of drug-likeness (QED) is 0.692. The molecule has 2 aromatic carbocycles. The number of carbonyl (C=O) groups excluding carboxylic acids is 1. The largest absolute Gasteiger partial charge is 0.480 e. The minimum Gasteiger partial charge on any atom is -0.480 e. The van der Waals surface area contributed by atoms with Gasteiger partial charge in [-0.3, -0.25) is 4.79 Å². The van der Waals surface area contributed by atoms with Crippen molar-refractivity contribution in [3.8, 4) is 0 Å². The molecule has 1 aromatic heterocycles. The van der Waals surface area contributed by atoms with Gasteiger partial charge in [-0.15, -0.1) is 0 Å². The van der Waals surface area contributed by atoms with Gasteiger partial charge in [0.1, 0.15) is 6.04 Å². The van der Waals surface area contributed by atoms with Crippen LogP contribution in [0.25, 0.3) is 10.2 Å². The molecule has 0 bridgehead atoms. The van der Waals surface area contributed by atoms with Gasteiger partial charge >= 0.3 is 5.97 Å². The number of aliphatic carboxylic acids is 1. The first kappa shape index (κ1) is 19.2. The zero-order valence-electron chi connectivity index (χ0n) is 13.9. The summed E-state index contributed by atoms with van der Waals surface area (Å²) in [7, 11) is 0. The molecule has 1 heterocycles. The molecule has 0 fully saturated rings. The van der Waals surface area contributed by atoms with Gasteiger partial charge in [0.25, 0.3) is 5.91 Å². The molecular weight excluding hydrogens is 398 g/mol. The second-order valence-corrected chi connectivity index (χ2v) is 7.07. The lowest BCUT2D eigenvalue weighted by molar-refractivity contribution is -0.140. The maximum atomic E-state index is 14.2. The Labute approximate surface area is 161 Å². The smallest absolute Gasteiger partial charge is 0.326 e. The summed E-state index contributed by atoms with van der Waals surface area (Å²) in [5.74, 6) is -4.01. The summed E-state index contributed by atoms with van der Waals surface area (Å²) >= 11 is 6.59. The molecule has 0 spiro atoms. The van der Waals surface area contributed by atoms with Crippen molar-refractivity contribution in [2.45, 2.75) is 19.4 Å². The molecule has 9 heteroatoms. The Morgan fingerprint density at radius 2 is 2.04 bits per heavy atom. The summed E-state index contributed by atoms with van der Waals surface area (Å²) in [5, 5.41) is 9.85. The van der Waals surface area contributed by atoms with Crippen LogP contribution in [0.2, 0.25) is 5.02 Å². The third-order valence-electron chi connectivity index (χ3n) is 3.94. The molecule has 1 amide bonds. The van der Waals surface area contributed by atoms with E-state index in [0.29, 0.717) is 5.02 Å². The third-order valence-corrected chi connectivity index (χ3v) is 5.24. The van der Waals surface area contributed by atoms with E-state index in [1.54, 1.807) is 19.1 Å². The molecule has 0 aliphatic rings. The van der Waals surface area contributed by atoms with Crippen LogP contribution < -0.4 is 4.80 Å². The summed E-state index contributed by atoms with van der Waals surface area (Å²) in [5.41, 5.74) is 0.354. The van der Waals surface area contributed by atoms with Crippen molar-refractivity contribution in [3.05, 3.63) is 63.4 Å². The number of aromatic nitrogens is 1. The van der Waals surface area contributed by atoms with Crippen LogP contribution in [-0.2, 0) is 4.79 Å².